The molecule has 0 saturated heterocycles. The van der Waals surface area contributed by atoms with E-state index in [1.807, 2.05) is 0 Å². The van der Waals surface area contributed by atoms with Crippen molar-refractivity contribution in [3.8, 4) is 6.07 Å². The van der Waals surface area contributed by atoms with E-state index < -0.39 is 5.95 Å². The Morgan fingerprint density at radius 2 is 2.30 bits per heavy atom. The SMILES string of the molecule is N#Cc1nc(F)ccc1Cl. The Morgan fingerprint density at radius 1 is 1.60 bits per heavy atom. The normalized spacial score (nSPS) is 8.90. The number of nitriles is 1. The van der Waals surface area contributed by atoms with Gasteiger partial charge < -0.3 is 0 Å². The quantitative estimate of drug-likeness (QED) is 0.537. The lowest BCUT2D eigenvalue weighted by Gasteiger charge is -1.90. The van der Waals surface area contributed by atoms with Gasteiger partial charge in [0.25, 0.3) is 0 Å². The molecule has 0 spiro atoms. The van der Waals surface area contributed by atoms with Crippen LogP contribution in [0.2, 0.25) is 5.02 Å². The van der Waals surface area contributed by atoms with E-state index in [1.165, 1.54) is 6.07 Å². The molecular weight excluding hydrogens is 155 g/mol. The van der Waals surface area contributed by atoms with E-state index in [2.05, 4.69) is 4.98 Å². The Bertz CT molecular complexity index is 292. The Hall–Kier alpha value is -1.14. The molecule has 0 aliphatic carbocycles. The van der Waals surface area contributed by atoms with E-state index in [-0.39, 0.29) is 10.7 Å². The fraction of sp³-hybridized carbons (Fsp3) is 0. The van der Waals surface area contributed by atoms with Crippen molar-refractivity contribution in [2.24, 2.45) is 0 Å². The van der Waals surface area contributed by atoms with Crippen LogP contribution in [0, 0.1) is 17.3 Å². The van der Waals surface area contributed by atoms with E-state index in [9.17, 15) is 4.39 Å². The molecule has 0 atom stereocenters. The first-order chi connectivity index (χ1) is 4.74. The van der Waals surface area contributed by atoms with Crippen LogP contribution in [0.5, 0.6) is 0 Å². The van der Waals surface area contributed by atoms with Gasteiger partial charge in [0, 0.05) is 0 Å². The zero-order chi connectivity index (χ0) is 7.56. The first kappa shape index (κ1) is 6.97. The van der Waals surface area contributed by atoms with E-state index in [0.29, 0.717) is 0 Å². The van der Waals surface area contributed by atoms with Gasteiger partial charge in [-0.15, -0.1) is 0 Å². The van der Waals surface area contributed by atoms with Crippen molar-refractivity contribution in [1.82, 2.24) is 4.98 Å². The standard InChI is InChI=1S/C6H2ClFN2/c7-4-1-2-6(8)10-5(4)3-9/h1-2H. The van der Waals surface area contributed by atoms with Crippen LogP contribution in [0.3, 0.4) is 0 Å². The van der Waals surface area contributed by atoms with Crippen molar-refractivity contribution < 1.29 is 4.39 Å². The van der Waals surface area contributed by atoms with Crippen LogP contribution < -0.4 is 0 Å². The summed E-state index contributed by atoms with van der Waals surface area (Å²) < 4.78 is 12.2. The molecule has 1 aromatic heterocycles. The van der Waals surface area contributed by atoms with Crippen LogP contribution in [0.15, 0.2) is 12.1 Å². The van der Waals surface area contributed by atoms with Gasteiger partial charge in [-0.25, -0.2) is 4.98 Å². The molecule has 1 heterocycles. The zero-order valence-corrected chi connectivity index (χ0v) is 5.56. The molecule has 0 bridgehead atoms. The summed E-state index contributed by atoms with van der Waals surface area (Å²) in [5.74, 6) is -0.694. The summed E-state index contributed by atoms with van der Waals surface area (Å²) in [5.41, 5.74) is -0.0818. The monoisotopic (exact) mass is 156 g/mol. The fourth-order valence-corrected chi connectivity index (χ4v) is 0.644. The topological polar surface area (TPSA) is 36.7 Å². The number of nitrogens with zero attached hydrogens (tertiary/aromatic N) is 2. The average Bonchev–Trinajstić information content (AvgIpc) is 1.94. The molecule has 0 radical (unpaired) electrons. The molecule has 0 saturated carbocycles. The largest absolute Gasteiger partial charge is 0.214 e. The molecule has 0 aromatic carbocycles. The lowest BCUT2D eigenvalue weighted by Crippen LogP contribution is -1.87. The Labute approximate surface area is 61.9 Å². The zero-order valence-electron chi connectivity index (χ0n) is 4.81. The summed E-state index contributed by atoms with van der Waals surface area (Å²) in [6.07, 6.45) is 0. The summed E-state index contributed by atoms with van der Waals surface area (Å²) >= 11 is 5.44. The molecule has 1 rings (SSSR count). The summed E-state index contributed by atoms with van der Waals surface area (Å²) in [6, 6.07) is 4.05. The van der Waals surface area contributed by atoms with Crippen LogP contribution in [-0.4, -0.2) is 4.98 Å². The number of pyridine rings is 1. The second-order valence-electron chi connectivity index (χ2n) is 1.58. The number of rotatable bonds is 0. The average molecular weight is 157 g/mol. The Balaban J connectivity index is 3.25. The maximum atomic E-state index is 12.2. The number of hydrogen-bond donors (Lipinski definition) is 0. The summed E-state index contributed by atoms with van der Waals surface area (Å²) in [6.45, 7) is 0. The Kier molecular flexibility index (Phi) is 1.83. The molecular formula is C6H2ClFN2. The van der Waals surface area contributed by atoms with E-state index in [4.69, 9.17) is 16.9 Å². The van der Waals surface area contributed by atoms with E-state index in [1.54, 1.807) is 6.07 Å². The first-order valence-electron chi connectivity index (χ1n) is 2.46. The minimum Gasteiger partial charge on any atom is -0.207 e. The van der Waals surface area contributed by atoms with Crippen LogP contribution >= 0.6 is 11.6 Å². The third-order valence-electron chi connectivity index (χ3n) is 0.918. The van der Waals surface area contributed by atoms with Gasteiger partial charge in [0.05, 0.1) is 5.02 Å². The van der Waals surface area contributed by atoms with Crippen LogP contribution in [-0.2, 0) is 0 Å². The predicted octanol–water partition coefficient (Wildman–Crippen LogP) is 1.75. The molecule has 50 valence electrons. The molecule has 4 heteroatoms. The smallest absolute Gasteiger partial charge is 0.207 e. The highest BCUT2D eigenvalue weighted by molar-refractivity contribution is 6.31. The predicted molar refractivity (Wildman–Crippen MR) is 33.9 cm³/mol. The molecule has 0 aliphatic rings. The van der Waals surface area contributed by atoms with Gasteiger partial charge in [-0.05, 0) is 12.1 Å². The summed E-state index contributed by atoms with van der Waals surface area (Å²) in [7, 11) is 0. The van der Waals surface area contributed by atoms with Crippen molar-refractivity contribution >= 4 is 11.6 Å². The fourth-order valence-electron chi connectivity index (χ4n) is 0.497. The highest BCUT2D eigenvalue weighted by Gasteiger charge is 2.00. The van der Waals surface area contributed by atoms with E-state index in [0.717, 1.165) is 6.07 Å². The molecule has 1 aromatic rings. The molecule has 0 N–H and O–H groups in total. The number of halogens is 2. The van der Waals surface area contributed by atoms with Gasteiger partial charge in [-0.3, -0.25) is 0 Å². The van der Waals surface area contributed by atoms with Crippen LogP contribution in [0.4, 0.5) is 4.39 Å². The van der Waals surface area contributed by atoms with Gasteiger partial charge in [0.1, 0.15) is 6.07 Å². The van der Waals surface area contributed by atoms with Gasteiger partial charge in [-0.2, -0.15) is 9.65 Å². The molecule has 10 heavy (non-hydrogen) atoms. The lowest BCUT2D eigenvalue weighted by atomic mass is 10.4. The highest BCUT2D eigenvalue weighted by Crippen LogP contribution is 2.11. The number of hydrogen-bond acceptors (Lipinski definition) is 2. The van der Waals surface area contributed by atoms with Crippen molar-refractivity contribution in [2.45, 2.75) is 0 Å². The minimum atomic E-state index is -0.694. The second kappa shape index (κ2) is 2.63. The summed E-state index contributed by atoms with van der Waals surface area (Å²) in [5, 5.41) is 8.45. The van der Waals surface area contributed by atoms with Crippen molar-refractivity contribution in [2.75, 3.05) is 0 Å². The summed E-state index contributed by atoms with van der Waals surface area (Å²) in [4.78, 5) is 3.23. The first-order valence-corrected chi connectivity index (χ1v) is 2.84. The molecule has 0 amide bonds. The third kappa shape index (κ3) is 1.23. The van der Waals surface area contributed by atoms with Crippen LogP contribution in [0.1, 0.15) is 5.69 Å². The van der Waals surface area contributed by atoms with Gasteiger partial charge in [0.15, 0.2) is 5.69 Å². The second-order valence-corrected chi connectivity index (χ2v) is 1.98. The maximum Gasteiger partial charge on any atom is 0.214 e. The molecule has 0 fully saturated rings. The Morgan fingerprint density at radius 3 is 2.80 bits per heavy atom. The van der Waals surface area contributed by atoms with Gasteiger partial charge in [-0.1, -0.05) is 11.6 Å². The van der Waals surface area contributed by atoms with Gasteiger partial charge in [0.2, 0.25) is 5.95 Å². The van der Waals surface area contributed by atoms with Crippen molar-refractivity contribution in [3.63, 3.8) is 0 Å². The third-order valence-corrected chi connectivity index (χ3v) is 1.22. The highest BCUT2D eigenvalue weighted by atomic mass is 35.5. The van der Waals surface area contributed by atoms with Gasteiger partial charge >= 0.3 is 0 Å². The number of aromatic nitrogens is 1. The van der Waals surface area contributed by atoms with E-state index >= 15 is 0 Å². The molecule has 0 aliphatic heterocycles. The van der Waals surface area contributed by atoms with Crippen molar-refractivity contribution in [3.05, 3.63) is 28.8 Å². The maximum absolute atomic E-state index is 12.2. The minimum absolute atomic E-state index is 0.0818. The van der Waals surface area contributed by atoms with Crippen LogP contribution in [0.25, 0.3) is 0 Å². The molecule has 0 unspecified atom stereocenters. The van der Waals surface area contributed by atoms with Crippen molar-refractivity contribution in [1.29, 1.82) is 5.26 Å². The molecule has 2 nitrogen and oxygen atoms in total. The lowest BCUT2D eigenvalue weighted by molar-refractivity contribution is 0.582.